The van der Waals surface area contributed by atoms with Crippen LogP contribution in [0.4, 0.5) is 11.4 Å². The van der Waals surface area contributed by atoms with Crippen molar-refractivity contribution in [1.82, 2.24) is 4.98 Å². The van der Waals surface area contributed by atoms with E-state index < -0.39 is 0 Å². The number of carbonyl (C=O) groups is 1. The molecular weight excluding hydrogens is 382 g/mol. The average Bonchev–Trinajstić information content (AvgIpc) is 3.43. The molecule has 3 heterocycles. The van der Waals surface area contributed by atoms with Gasteiger partial charge in [-0.05, 0) is 61.4 Å². The summed E-state index contributed by atoms with van der Waals surface area (Å²) in [5.41, 5.74) is 7.02. The first kappa shape index (κ1) is 17.9. The van der Waals surface area contributed by atoms with Crippen molar-refractivity contribution in [3.8, 4) is 11.1 Å². The van der Waals surface area contributed by atoms with Gasteiger partial charge in [-0.15, -0.1) is 11.3 Å². The number of nitrogens with zero attached hydrogens (tertiary/aromatic N) is 3. The van der Waals surface area contributed by atoms with Crippen LogP contribution in [0.15, 0.2) is 64.7 Å². The lowest BCUT2D eigenvalue weighted by Crippen LogP contribution is -2.49. The van der Waals surface area contributed by atoms with Crippen LogP contribution in [0.25, 0.3) is 21.3 Å². The summed E-state index contributed by atoms with van der Waals surface area (Å²) in [6.45, 7) is 5.81. The number of anilines is 2. The molecule has 4 aromatic rings. The van der Waals surface area contributed by atoms with E-state index in [-0.39, 0.29) is 11.9 Å². The standard InChI is InChI=1S/C23H21N3O2S/c1-3-25-15(2)13-26(23(27)21-5-4-10-28-21)20-12-17(6-8-19(20)25)16-7-9-22-18(11-16)24-14-29-22/h4-12,14-15H,3,13H2,1-2H3/t15-/m0/s1. The number of hydrogen-bond acceptors (Lipinski definition) is 5. The lowest BCUT2D eigenvalue weighted by molar-refractivity contribution is 0.0957. The summed E-state index contributed by atoms with van der Waals surface area (Å²) >= 11 is 1.64. The Balaban J connectivity index is 1.62. The topological polar surface area (TPSA) is 49.6 Å². The first-order valence-corrected chi connectivity index (χ1v) is 10.6. The molecule has 1 aliphatic rings. The Labute approximate surface area is 173 Å². The number of likely N-dealkylation sites (N-methyl/N-ethyl adjacent to an activating group) is 1. The van der Waals surface area contributed by atoms with Crippen LogP contribution in [0, 0.1) is 0 Å². The third kappa shape index (κ3) is 3.00. The maximum atomic E-state index is 13.2. The van der Waals surface area contributed by atoms with Crippen LogP contribution in [0.5, 0.6) is 0 Å². The highest BCUT2D eigenvalue weighted by Gasteiger charge is 2.32. The SMILES string of the molecule is CCN1c2ccc(-c3ccc4scnc4c3)cc2N(C(=O)c2ccco2)C[C@@H]1C. The Morgan fingerprint density at radius 1 is 1.17 bits per heavy atom. The first-order valence-electron chi connectivity index (χ1n) is 9.75. The van der Waals surface area contributed by atoms with Gasteiger partial charge < -0.3 is 14.2 Å². The van der Waals surface area contributed by atoms with Crippen molar-refractivity contribution in [2.45, 2.75) is 19.9 Å². The van der Waals surface area contributed by atoms with Crippen molar-refractivity contribution in [3.63, 3.8) is 0 Å². The Hall–Kier alpha value is -3.12. The van der Waals surface area contributed by atoms with Crippen molar-refractivity contribution in [3.05, 3.63) is 66.1 Å². The van der Waals surface area contributed by atoms with Gasteiger partial charge in [0, 0.05) is 19.1 Å². The van der Waals surface area contributed by atoms with Crippen molar-refractivity contribution >= 4 is 38.8 Å². The predicted molar refractivity (Wildman–Crippen MR) is 118 cm³/mol. The van der Waals surface area contributed by atoms with Gasteiger partial charge in [-0.1, -0.05) is 12.1 Å². The molecule has 5 rings (SSSR count). The highest BCUT2D eigenvalue weighted by atomic mass is 32.1. The second-order valence-corrected chi connectivity index (χ2v) is 8.15. The number of amides is 1. The molecule has 0 unspecified atom stereocenters. The lowest BCUT2D eigenvalue weighted by atomic mass is 10.00. The normalized spacial score (nSPS) is 16.3. The minimum atomic E-state index is -0.106. The molecule has 2 aromatic carbocycles. The van der Waals surface area contributed by atoms with Gasteiger partial charge in [0.25, 0.3) is 5.91 Å². The molecule has 1 atom stereocenters. The number of hydrogen-bond donors (Lipinski definition) is 0. The van der Waals surface area contributed by atoms with Crippen LogP contribution in [0.2, 0.25) is 0 Å². The molecule has 1 aliphatic heterocycles. The third-order valence-electron chi connectivity index (χ3n) is 5.54. The van der Waals surface area contributed by atoms with E-state index in [1.54, 1.807) is 29.7 Å². The van der Waals surface area contributed by atoms with Crippen LogP contribution in [0.3, 0.4) is 0 Å². The smallest absolute Gasteiger partial charge is 0.294 e. The maximum Gasteiger partial charge on any atom is 0.294 e. The predicted octanol–water partition coefficient (Wildman–Crippen LogP) is 5.43. The molecule has 0 saturated carbocycles. The van der Waals surface area contributed by atoms with Crippen molar-refractivity contribution in [2.75, 3.05) is 22.9 Å². The highest BCUT2D eigenvalue weighted by Crippen LogP contribution is 2.39. The fraction of sp³-hybridized carbons (Fsp3) is 0.217. The van der Waals surface area contributed by atoms with E-state index in [2.05, 4.69) is 60.1 Å². The largest absolute Gasteiger partial charge is 0.459 e. The zero-order valence-corrected chi connectivity index (χ0v) is 17.1. The minimum Gasteiger partial charge on any atom is -0.459 e. The summed E-state index contributed by atoms with van der Waals surface area (Å²) in [6, 6.07) is 16.4. The van der Waals surface area contributed by atoms with Gasteiger partial charge in [-0.3, -0.25) is 4.79 Å². The number of benzene rings is 2. The van der Waals surface area contributed by atoms with Crippen molar-refractivity contribution in [1.29, 1.82) is 0 Å². The van der Waals surface area contributed by atoms with E-state index in [9.17, 15) is 4.79 Å². The number of furan rings is 1. The summed E-state index contributed by atoms with van der Waals surface area (Å²) in [7, 11) is 0. The summed E-state index contributed by atoms with van der Waals surface area (Å²) < 4.78 is 6.57. The molecule has 0 N–H and O–H groups in total. The van der Waals surface area contributed by atoms with Crippen molar-refractivity contribution < 1.29 is 9.21 Å². The first-order chi connectivity index (χ1) is 14.2. The van der Waals surface area contributed by atoms with Gasteiger partial charge >= 0.3 is 0 Å². The molecule has 5 nitrogen and oxygen atoms in total. The van der Waals surface area contributed by atoms with E-state index in [4.69, 9.17) is 4.42 Å². The molecule has 6 heteroatoms. The Morgan fingerprint density at radius 2 is 2.00 bits per heavy atom. The van der Waals surface area contributed by atoms with Crippen LogP contribution < -0.4 is 9.80 Å². The summed E-state index contributed by atoms with van der Waals surface area (Å²) in [6.07, 6.45) is 1.54. The second-order valence-electron chi connectivity index (χ2n) is 7.27. The number of rotatable bonds is 3. The molecular formula is C23H21N3O2S. The van der Waals surface area contributed by atoms with Crippen LogP contribution in [-0.2, 0) is 0 Å². The summed E-state index contributed by atoms with van der Waals surface area (Å²) in [5.74, 6) is 0.258. The van der Waals surface area contributed by atoms with Crippen LogP contribution in [0.1, 0.15) is 24.4 Å². The molecule has 0 bridgehead atoms. The zero-order chi connectivity index (χ0) is 20.0. The Bertz CT molecular complexity index is 1180. The monoisotopic (exact) mass is 403 g/mol. The average molecular weight is 404 g/mol. The number of thiazole rings is 1. The molecule has 0 spiro atoms. The minimum absolute atomic E-state index is 0.106. The fourth-order valence-corrected chi connectivity index (χ4v) is 4.76. The molecule has 0 aliphatic carbocycles. The van der Waals surface area contributed by atoms with Gasteiger partial charge in [0.05, 0.1) is 33.4 Å². The van der Waals surface area contributed by atoms with Crippen LogP contribution >= 0.6 is 11.3 Å². The van der Waals surface area contributed by atoms with Gasteiger partial charge in [-0.25, -0.2) is 4.98 Å². The van der Waals surface area contributed by atoms with E-state index in [0.29, 0.717) is 12.3 Å². The maximum absolute atomic E-state index is 13.2. The lowest BCUT2D eigenvalue weighted by Gasteiger charge is -2.42. The second kappa shape index (κ2) is 7.04. The van der Waals surface area contributed by atoms with E-state index in [1.807, 2.05) is 10.4 Å². The molecule has 146 valence electrons. The Kier molecular flexibility index (Phi) is 4.36. The van der Waals surface area contributed by atoms with Gasteiger partial charge in [0.1, 0.15) is 0 Å². The molecule has 2 aromatic heterocycles. The quantitative estimate of drug-likeness (QED) is 0.458. The van der Waals surface area contributed by atoms with E-state index >= 15 is 0 Å². The molecule has 0 saturated heterocycles. The van der Waals surface area contributed by atoms with Gasteiger partial charge in [0.15, 0.2) is 5.76 Å². The number of carbonyl (C=O) groups excluding carboxylic acids is 1. The number of fused-ring (bicyclic) bond motifs is 2. The van der Waals surface area contributed by atoms with E-state index in [1.165, 1.54) is 4.70 Å². The highest BCUT2D eigenvalue weighted by molar-refractivity contribution is 7.16. The fourth-order valence-electron chi connectivity index (χ4n) is 4.11. The van der Waals surface area contributed by atoms with Crippen LogP contribution in [-0.4, -0.2) is 30.0 Å². The molecule has 1 amide bonds. The molecule has 0 fully saturated rings. The summed E-state index contributed by atoms with van der Waals surface area (Å²) in [5, 5.41) is 0. The van der Waals surface area contributed by atoms with Crippen molar-refractivity contribution in [2.24, 2.45) is 0 Å². The van der Waals surface area contributed by atoms with Gasteiger partial charge in [0.2, 0.25) is 0 Å². The Morgan fingerprint density at radius 3 is 2.79 bits per heavy atom. The van der Waals surface area contributed by atoms with Gasteiger partial charge in [-0.2, -0.15) is 0 Å². The summed E-state index contributed by atoms with van der Waals surface area (Å²) in [4.78, 5) is 21.8. The molecule has 0 radical (unpaired) electrons. The van der Waals surface area contributed by atoms with E-state index in [0.717, 1.165) is 34.6 Å². The molecule has 29 heavy (non-hydrogen) atoms. The third-order valence-corrected chi connectivity index (χ3v) is 6.35. The zero-order valence-electron chi connectivity index (χ0n) is 16.3. The number of aromatic nitrogens is 1.